The van der Waals surface area contributed by atoms with Crippen molar-refractivity contribution >= 4 is 11.4 Å². The summed E-state index contributed by atoms with van der Waals surface area (Å²) < 4.78 is 37.6. The van der Waals surface area contributed by atoms with Gasteiger partial charge in [-0.2, -0.15) is 13.2 Å². The van der Waals surface area contributed by atoms with Gasteiger partial charge in [0.05, 0.1) is 23.1 Å². The predicted molar refractivity (Wildman–Crippen MR) is 67.4 cm³/mol. The first-order valence-electron chi connectivity index (χ1n) is 5.56. The molecule has 0 saturated carbocycles. The van der Waals surface area contributed by atoms with Crippen LogP contribution in [0, 0.1) is 0 Å². The highest BCUT2D eigenvalue weighted by Gasteiger charge is 2.30. The van der Waals surface area contributed by atoms with Gasteiger partial charge in [0.25, 0.3) is 0 Å². The Kier molecular flexibility index (Phi) is 3.59. The number of hydrogen-bond donors (Lipinski definition) is 2. The largest absolute Gasteiger partial charge is 0.416 e. The molecule has 0 spiro atoms. The van der Waals surface area contributed by atoms with Crippen molar-refractivity contribution in [2.45, 2.75) is 12.7 Å². The number of nitrogens with one attached hydrogen (secondary N) is 1. The van der Waals surface area contributed by atoms with Crippen molar-refractivity contribution in [3.8, 4) is 0 Å². The van der Waals surface area contributed by atoms with Crippen LogP contribution in [0.1, 0.15) is 11.1 Å². The number of aromatic nitrogens is 1. The Hall–Kier alpha value is -2.24. The Bertz CT molecular complexity index is 567. The van der Waals surface area contributed by atoms with Crippen molar-refractivity contribution in [1.29, 1.82) is 0 Å². The van der Waals surface area contributed by atoms with Crippen LogP contribution < -0.4 is 11.1 Å². The molecule has 6 heteroatoms. The average molecular weight is 267 g/mol. The summed E-state index contributed by atoms with van der Waals surface area (Å²) in [7, 11) is 0. The van der Waals surface area contributed by atoms with E-state index >= 15 is 0 Å². The van der Waals surface area contributed by atoms with Crippen molar-refractivity contribution in [3.05, 3.63) is 53.9 Å². The van der Waals surface area contributed by atoms with Crippen LogP contribution in [0.2, 0.25) is 0 Å². The second kappa shape index (κ2) is 5.17. The number of pyridine rings is 1. The van der Waals surface area contributed by atoms with Crippen molar-refractivity contribution in [2.24, 2.45) is 0 Å². The zero-order chi connectivity index (χ0) is 13.9. The molecular formula is C13H12F3N3. The topological polar surface area (TPSA) is 50.9 Å². The lowest BCUT2D eigenvalue weighted by Gasteiger charge is -2.10. The molecule has 2 rings (SSSR count). The van der Waals surface area contributed by atoms with Crippen LogP contribution in [0.3, 0.4) is 0 Å². The molecule has 0 amide bonds. The summed E-state index contributed by atoms with van der Waals surface area (Å²) in [6.45, 7) is 0.273. The molecule has 1 heterocycles. The summed E-state index contributed by atoms with van der Waals surface area (Å²) in [5.74, 6) is 0. The van der Waals surface area contributed by atoms with Crippen molar-refractivity contribution in [2.75, 3.05) is 11.1 Å². The third-order valence-electron chi connectivity index (χ3n) is 2.51. The van der Waals surface area contributed by atoms with Gasteiger partial charge in [0.2, 0.25) is 0 Å². The lowest BCUT2D eigenvalue weighted by Crippen LogP contribution is -2.07. The fourth-order valence-electron chi connectivity index (χ4n) is 1.62. The van der Waals surface area contributed by atoms with Crippen LogP contribution in [0.15, 0.2) is 42.7 Å². The van der Waals surface area contributed by atoms with Crippen LogP contribution in [0.4, 0.5) is 24.5 Å². The number of nitrogens with two attached hydrogens (primary N) is 1. The number of rotatable bonds is 3. The molecule has 2 aromatic rings. The van der Waals surface area contributed by atoms with Crippen molar-refractivity contribution < 1.29 is 13.2 Å². The molecule has 0 aliphatic heterocycles. The van der Waals surface area contributed by atoms with Crippen molar-refractivity contribution in [3.63, 3.8) is 0 Å². The molecule has 0 atom stereocenters. The van der Waals surface area contributed by atoms with Gasteiger partial charge >= 0.3 is 6.18 Å². The van der Waals surface area contributed by atoms with E-state index in [1.807, 2.05) is 0 Å². The van der Waals surface area contributed by atoms with Crippen LogP contribution in [-0.2, 0) is 12.7 Å². The number of halogens is 3. The van der Waals surface area contributed by atoms with E-state index in [2.05, 4.69) is 10.3 Å². The molecule has 3 nitrogen and oxygen atoms in total. The highest BCUT2D eigenvalue weighted by molar-refractivity contribution is 5.51. The first-order chi connectivity index (χ1) is 8.95. The average Bonchev–Trinajstić information content (AvgIpc) is 2.36. The van der Waals surface area contributed by atoms with Gasteiger partial charge in [0.1, 0.15) is 0 Å². The molecule has 1 aromatic heterocycles. The smallest absolute Gasteiger partial charge is 0.397 e. The third kappa shape index (κ3) is 3.61. The van der Waals surface area contributed by atoms with E-state index in [4.69, 9.17) is 5.73 Å². The summed E-state index contributed by atoms with van der Waals surface area (Å²) in [6, 6.07) is 6.85. The lowest BCUT2D eigenvalue weighted by atomic mass is 10.1. The number of alkyl halides is 3. The molecule has 1 aromatic carbocycles. The highest BCUT2D eigenvalue weighted by Crippen LogP contribution is 2.29. The molecule has 0 saturated heterocycles. The molecule has 0 unspecified atom stereocenters. The molecule has 0 radical (unpaired) electrons. The Balaban J connectivity index is 2.08. The van der Waals surface area contributed by atoms with E-state index in [-0.39, 0.29) is 6.54 Å². The Labute approximate surface area is 108 Å². The Morgan fingerprint density at radius 2 is 1.95 bits per heavy atom. The number of nitrogens with zero attached hydrogens (tertiary/aromatic N) is 1. The number of benzene rings is 1. The standard InChI is InChI=1S/C13H12F3N3/c14-13(15,16)10-3-1-2-9(4-10)6-19-12-5-11(17)7-18-8-12/h1-5,7-8,19H,6,17H2. The van der Waals surface area contributed by atoms with E-state index < -0.39 is 11.7 Å². The van der Waals surface area contributed by atoms with E-state index in [9.17, 15) is 13.2 Å². The first kappa shape index (κ1) is 13.2. The maximum absolute atomic E-state index is 12.5. The lowest BCUT2D eigenvalue weighted by molar-refractivity contribution is -0.137. The third-order valence-corrected chi connectivity index (χ3v) is 2.51. The minimum atomic E-state index is -4.32. The number of hydrogen-bond acceptors (Lipinski definition) is 3. The molecule has 100 valence electrons. The zero-order valence-corrected chi connectivity index (χ0v) is 9.91. The molecule has 0 aliphatic carbocycles. The van der Waals surface area contributed by atoms with Gasteiger partial charge in [-0.15, -0.1) is 0 Å². The summed E-state index contributed by atoms with van der Waals surface area (Å²) in [4.78, 5) is 3.89. The fourth-order valence-corrected chi connectivity index (χ4v) is 1.62. The van der Waals surface area contributed by atoms with Crippen LogP contribution in [0.25, 0.3) is 0 Å². The van der Waals surface area contributed by atoms with Gasteiger partial charge < -0.3 is 11.1 Å². The second-order valence-corrected chi connectivity index (χ2v) is 4.06. The Morgan fingerprint density at radius 1 is 1.16 bits per heavy atom. The van der Waals surface area contributed by atoms with E-state index in [1.165, 1.54) is 12.3 Å². The first-order valence-corrected chi connectivity index (χ1v) is 5.56. The maximum Gasteiger partial charge on any atom is 0.416 e. The van der Waals surface area contributed by atoms with Gasteiger partial charge in [-0.1, -0.05) is 12.1 Å². The van der Waals surface area contributed by atoms with Gasteiger partial charge in [-0.05, 0) is 23.8 Å². The van der Waals surface area contributed by atoms with Crippen molar-refractivity contribution in [1.82, 2.24) is 4.98 Å². The minimum absolute atomic E-state index is 0.273. The van der Waals surface area contributed by atoms with Gasteiger partial charge in [-0.3, -0.25) is 4.98 Å². The highest BCUT2D eigenvalue weighted by atomic mass is 19.4. The fraction of sp³-hybridized carbons (Fsp3) is 0.154. The van der Waals surface area contributed by atoms with E-state index in [0.717, 1.165) is 12.1 Å². The summed E-state index contributed by atoms with van der Waals surface area (Å²) in [5.41, 5.74) is 6.60. The molecular weight excluding hydrogens is 255 g/mol. The Morgan fingerprint density at radius 3 is 2.63 bits per heavy atom. The van der Waals surface area contributed by atoms with Crippen LogP contribution in [-0.4, -0.2) is 4.98 Å². The zero-order valence-electron chi connectivity index (χ0n) is 9.91. The maximum atomic E-state index is 12.5. The monoisotopic (exact) mass is 267 g/mol. The molecule has 0 fully saturated rings. The minimum Gasteiger partial charge on any atom is -0.397 e. The van der Waals surface area contributed by atoms with E-state index in [0.29, 0.717) is 16.9 Å². The quantitative estimate of drug-likeness (QED) is 0.897. The molecule has 19 heavy (non-hydrogen) atoms. The van der Waals surface area contributed by atoms with Gasteiger partial charge in [-0.25, -0.2) is 0 Å². The second-order valence-electron chi connectivity index (χ2n) is 4.06. The van der Waals surface area contributed by atoms with Gasteiger partial charge in [0, 0.05) is 12.7 Å². The summed E-state index contributed by atoms with van der Waals surface area (Å²) in [6.07, 6.45) is -1.27. The number of nitrogen functional groups attached to an aromatic ring is 1. The molecule has 0 bridgehead atoms. The van der Waals surface area contributed by atoms with E-state index in [1.54, 1.807) is 18.3 Å². The van der Waals surface area contributed by atoms with Crippen LogP contribution in [0.5, 0.6) is 0 Å². The summed E-state index contributed by atoms with van der Waals surface area (Å²) in [5, 5.41) is 2.97. The SMILES string of the molecule is Nc1cncc(NCc2cccc(C(F)(F)F)c2)c1. The molecule has 0 aliphatic rings. The summed E-state index contributed by atoms with van der Waals surface area (Å²) >= 11 is 0. The molecule has 3 N–H and O–H groups in total. The van der Waals surface area contributed by atoms with Crippen LogP contribution >= 0.6 is 0 Å². The normalized spacial score (nSPS) is 11.3. The predicted octanol–water partition coefficient (Wildman–Crippen LogP) is 3.29. The number of anilines is 2. The van der Waals surface area contributed by atoms with Gasteiger partial charge in [0.15, 0.2) is 0 Å².